The SMILES string of the molecule is CCNC(=NCC(c1cccc(OC)c1)N(CC)CC)NCCCN1CCOCC1. The van der Waals surface area contributed by atoms with Crippen LogP contribution in [0.5, 0.6) is 5.75 Å². The van der Waals surface area contributed by atoms with Gasteiger partial charge in [-0.2, -0.15) is 0 Å². The van der Waals surface area contributed by atoms with Crippen molar-refractivity contribution in [2.24, 2.45) is 4.99 Å². The van der Waals surface area contributed by atoms with Gasteiger partial charge in [-0.25, -0.2) is 0 Å². The largest absolute Gasteiger partial charge is 0.497 e. The molecule has 0 spiro atoms. The van der Waals surface area contributed by atoms with Gasteiger partial charge >= 0.3 is 0 Å². The van der Waals surface area contributed by atoms with Crippen molar-refractivity contribution in [2.75, 3.05) is 72.7 Å². The number of hydrogen-bond acceptors (Lipinski definition) is 5. The lowest BCUT2D eigenvalue weighted by Crippen LogP contribution is -2.41. The van der Waals surface area contributed by atoms with E-state index in [0.29, 0.717) is 6.54 Å². The van der Waals surface area contributed by atoms with Crippen LogP contribution in [-0.2, 0) is 4.74 Å². The molecule has 7 nitrogen and oxygen atoms in total. The number of methoxy groups -OCH3 is 1. The van der Waals surface area contributed by atoms with E-state index in [-0.39, 0.29) is 6.04 Å². The van der Waals surface area contributed by atoms with Gasteiger partial charge in [-0.3, -0.25) is 14.8 Å². The molecule has 7 heteroatoms. The van der Waals surface area contributed by atoms with Gasteiger partial charge in [0.25, 0.3) is 0 Å². The molecule has 2 N–H and O–H groups in total. The average molecular weight is 420 g/mol. The minimum absolute atomic E-state index is 0.221. The van der Waals surface area contributed by atoms with Crippen molar-refractivity contribution >= 4 is 5.96 Å². The van der Waals surface area contributed by atoms with Crippen LogP contribution in [0, 0.1) is 0 Å². The minimum Gasteiger partial charge on any atom is -0.497 e. The molecule has 0 aromatic heterocycles. The Kier molecular flexibility index (Phi) is 11.6. The highest BCUT2D eigenvalue weighted by Gasteiger charge is 2.18. The maximum absolute atomic E-state index is 5.44. The second-order valence-corrected chi connectivity index (χ2v) is 7.47. The van der Waals surface area contributed by atoms with E-state index >= 15 is 0 Å². The smallest absolute Gasteiger partial charge is 0.191 e. The highest BCUT2D eigenvalue weighted by molar-refractivity contribution is 5.79. The van der Waals surface area contributed by atoms with Crippen LogP contribution in [-0.4, -0.2) is 88.4 Å². The van der Waals surface area contributed by atoms with Gasteiger partial charge in [0, 0.05) is 26.2 Å². The summed E-state index contributed by atoms with van der Waals surface area (Å²) in [5.41, 5.74) is 1.24. The second-order valence-electron chi connectivity index (χ2n) is 7.47. The number of aliphatic imine (C=N–C) groups is 1. The van der Waals surface area contributed by atoms with Crippen molar-refractivity contribution in [1.82, 2.24) is 20.4 Å². The molecular weight excluding hydrogens is 378 g/mol. The van der Waals surface area contributed by atoms with E-state index in [1.165, 1.54) is 5.56 Å². The number of guanidine groups is 1. The molecule has 1 aliphatic rings. The maximum Gasteiger partial charge on any atom is 0.191 e. The Bertz CT molecular complexity index is 615. The molecule has 170 valence electrons. The highest BCUT2D eigenvalue weighted by atomic mass is 16.5. The fraction of sp³-hybridized carbons (Fsp3) is 0.696. The first-order valence-corrected chi connectivity index (χ1v) is 11.4. The topological polar surface area (TPSA) is 61.4 Å². The second kappa shape index (κ2) is 14.2. The summed E-state index contributed by atoms with van der Waals surface area (Å²) in [5, 5.41) is 6.89. The molecular formula is C23H41N5O2. The molecule has 1 unspecified atom stereocenters. The van der Waals surface area contributed by atoms with Crippen LogP contribution in [0.4, 0.5) is 0 Å². The third-order valence-electron chi connectivity index (χ3n) is 5.55. The summed E-state index contributed by atoms with van der Waals surface area (Å²) in [7, 11) is 1.72. The van der Waals surface area contributed by atoms with Gasteiger partial charge < -0.3 is 20.1 Å². The molecule has 1 heterocycles. The molecule has 1 fully saturated rings. The van der Waals surface area contributed by atoms with Crippen molar-refractivity contribution in [3.63, 3.8) is 0 Å². The summed E-state index contributed by atoms with van der Waals surface area (Å²) in [6.07, 6.45) is 1.10. The molecule has 0 saturated carbocycles. The van der Waals surface area contributed by atoms with Crippen LogP contribution in [0.15, 0.2) is 29.3 Å². The first-order chi connectivity index (χ1) is 14.7. The predicted octanol–water partition coefficient (Wildman–Crippen LogP) is 2.36. The Morgan fingerprint density at radius 1 is 1.20 bits per heavy atom. The van der Waals surface area contributed by atoms with E-state index < -0.39 is 0 Å². The van der Waals surface area contributed by atoms with Crippen LogP contribution >= 0.6 is 0 Å². The quantitative estimate of drug-likeness (QED) is 0.308. The highest BCUT2D eigenvalue weighted by Crippen LogP contribution is 2.24. The van der Waals surface area contributed by atoms with Gasteiger partial charge in [-0.05, 0) is 50.7 Å². The Hall–Kier alpha value is -1.83. The molecule has 30 heavy (non-hydrogen) atoms. The van der Waals surface area contributed by atoms with Gasteiger partial charge in [-0.1, -0.05) is 26.0 Å². The van der Waals surface area contributed by atoms with Crippen LogP contribution in [0.3, 0.4) is 0 Å². The predicted molar refractivity (Wildman–Crippen MR) is 125 cm³/mol. The van der Waals surface area contributed by atoms with E-state index in [4.69, 9.17) is 14.5 Å². The van der Waals surface area contributed by atoms with E-state index in [2.05, 4.69) is 59.4 Å². The Morgan fingerprint density at radius 2 is 1.97 bits per heavy atom. The molecule has 0 aliphatic carbocycles. The van der Waals surface area contributed by atoms with E-state index in [1.54, 1.807) is 7.11 Å². The van der Waals surface area contributed by atoms with E-state index in [9.17, 15) is 0 Å². The number of morpholine rings is 1. The van der Waals surface area contributed by atoms with Crippen LogP contribution in [0.1, 0.15) is 38.8 Å². The first-order valence-electron chi connectivity index (χ1n) is 11.4. The molecule has 0 bridgehead atoms. The maximum atomic E-state index is 5.44. The molecule has 1 aromatic carbocycles. The van der Waals surface area contributed by atoms with Crippen LogP contribution < -0.4 is 15.4 Å². The monoisotopic (exact) mass is 419 g/mol. The van der Waals surface area contributed by atoms with E-state index in [0.717, 1.165) is 77.2 Å². The van der Waals surface area contributed by atoms with Crippen molar-refractivity contribution < 1.29 is 9.47 Å². The summed E-state index contributed by atoms with van der Waals surface area (Å²) in [6, 6.07) is 8.57. The number of likely N-dealkylation sites (N-methyl/N-ethyl adjacent to an activating group) is 1. The van der Waals surface area contributed by atoms with Crippen molar-refractivity contribution in [2.45, 2.75) is 33.2 Å². The van der Waals surface area contributed by atoms with Crippen LogP contribution in [0.25, 0.3) is 0 Å². The number of hydrogen-bond donors (Lipinski definition) is 2. The normalized spacial score (nSPS) is 16.5. The number of nitrogens with zero attached hydrogens (tertiary/aromatic N) is 3. The summed E-state index contributed by atoms with van der Waals surface area (Å²) in [5.74, 6) is 1.78. The fourth-order valence-electron chi connectivity index (χ4n) is 3.80. The van der Waals surface area contributed by atoms with Crippen molar-refractivity contribution in [3.05, 3.63) is 29.8 Å². The third-order valence-corrected chi connectivity index (χ3v) is 5.55. The number of benzene rings is 1. The molecule has 1 saturated heterocycles. The molecule has 1 aromatic rings. The lowest BCUT2D eigenvalue weighted by Gasteiger charge is -2.29. The summed E-state index contributed by atoms with van der Waals surface area (Å²) in [4.78, 5) is 9.84. The first kappa shape index (κ1) is 24.4. The molecule has 1 atom stereocenters. The molecule has 2 rings (SSSR count). The number of ether oxygens (including phenoxy) is 2. The van der Waals surface area contributed by atoms with Gasteiger partial charge in [0.2, 0.25) is 0 Å². The Morgan fingerprint density at radius 3 is 2.63 bits per heavy atom. The summed E-state index contributed by atoms with van der Waals surface area (Å²) >= 11 is 0. The van der Waals surface area contributed by atoms with Gasteiger partial charge in [0.1, 0.15) is 5.75 Å². The van der Waals surface area contributed by atoms with Crippen molar-refractivity contribution in [1.29, 1.82) is 0 Å². The zero-order valence-corrected chi connectivity index (χ0v) is 19.3. The van der Waals surface area contributed by atoms with Crippen molar-refractivity contribution in [3.8, 4) is 5.75 Å². The molecule has 1 aliphatic heterocycles. The van der Waals surface area contributed by atoms with Gasteiger partial charge in [-0.15, -0.1) is 0 Å². The summed E-state index contributed by atoms with van der Waals surface area (Å²) < 4.78 is 10.9. The Labute approximate surface area is 182 Å². The zero-order chi connectivity index (χ0) is 21.6. The zero-order valence-electron chi connectivity index (χ0n) is 19.3. The standard InChI is InChI=1S/C23H41N5O2/c1-5-24-23(25-12-9-13-27-14-16-30-17-15-27)26-19-22(28(6-2)7-3)20-10-8-11-21(18-20)29-4/h8,10-11,18,22H,5-7,9,12-17,19H2,1-4H3,(H2,24,25,26). The van der Waals surface area contributed by atoms with Gasteiger partial charge in [0.15, 0.2) is 5.96 Å². The number of rotatable bonds is 12. The van der Waals surface area contributed by atoms with E-state index in [1.807, 2.05) is 6.07 Å². The third kappa shape index (κ3) is 8.13. The summed E-state index contributed by atoms with van der Waals surface area (Å²) in [6.45, 7) is 15.8. The lowest BCUT2D eigenvalue weighted by molar-refractivity contribution is 0.0376. The fourth-order valence-corrected chi connectivity index (χ4v) is 3.80. The van der Waals surface area contributed by atoms with Gasteiger partial charge in [0.05, 0.1) is 32.9 Å². The molecule has 0 radical (unpaired) electrons. The Balaban J connectivity index is 1.97. The minimum atomic E-state index is 0.221. The number of nitrogens with one attached hydrogen (secondary N) is 2. The lowest BCUT2D eigenvalue weighted by atomic mass is 10.0. The van der Waals surface area contributed by atoms with Crippen LogP contribution in [0.2, 0.25) is 0 Å². The average Bonchev–Trinajstić information content (AvgIpc) is 2.80. The molecule has 0 amide bonds.